The average Bonchev–Trinajstić information content (AvgIpc) is 3.42. The molecule has 1 fully saturated rings. The van der Waals surface area contributed by atoms with Crippen molar-refractivity contribution in [2.24, 2.45) is 5.73 Å². The van der Waals surface area contributed by atoms with Gasteiger partial charge in [0.05, 0.1) is 41.3 Å². The van der Waals surface area contributed by atoms with Gasteiger partial charge in [-0.25, -0.2) is 28.1 Å². The zero-order chi connectivity index (χ0) is 23.3. The first-order chi connectivity index (χ1) is 15.9. The zero-order valence-corrected chi connectivity index (χ0v) is 18.0. The number of halogens is 3. The number of benzene rings is 1. The maximum Gasteiger partial charge on any atom is 0.316 e. The van der Waals surface area contributed by atoms with Gasteiger partial charge >= 0.3 is 6.01 Å². The fourth-order valence-corrected chi connectivity index (χ4v) is 4.43. The molecule has 1 aliphatic heterocycles. The Labute approximate surface area is 187 Å². The van der Waals surface area contributed by atoms with Crippen molar-refractivity contribution >= 4 is 33.3 Å². The normalized spacial score (nSPS) is 18.4. The van der Waals surface area contributed by atoms with Gasteiger partial charge in [0.25, 0.3) is 0 Å². The van der Waals surface area contributed by atoms with Crippen LogP contribution in [0.25, 0.3) is 33.1 Å². The second kappa shape index (κ2) is 7.77. The highest BCUT2D eigenvalue weighted by atomic mass is 19.2. The quantitative estimate of drug-likeness (QED) is 0.422. The minimum absolute atomic E-state index is 0.00905. The molecule has 0 aliphatic carbocycles. The molecule has 8 nitrogen and oxygen atoms in total. The molecule has 33 heavy (non-hydrogen) atoms. The van der Waals surface area contributed by atoms with Crippen LogP contribution in [0.15, 0.2) is 24.7 Å². The lowest BCUT2D eigenvalue weighted by atomic mass is 10.0. The maximum atomic E-state index is 15.2. The molecule has 172 valence electrons. The van der Waals surface area contributed by atoms with Crippen LogP contribution in [0.3, 0.4) is 0 Å². The van der Waals surface area contributed by atoms with Crippen LogP contribution in [0, 0.1) is 11.6 Å². The molecule has 0 saturated carbocycles. The lowest BCUT2D eigenvalue weighted by Gasteiger charge is -2.24. The molecular weight excluding hydrogens is 435 g/mol. The number of aromatic nitrogens is 4. The Kier molecular flexibility index (Phi) is 5.00. The van der Waals surface area contributed by atoms with Gasteiger partial charge in [-0.05, 0) is 0 Å². The van der Waals surface area contributed by atoms with Gasteiger partial charge < -0.3 is 25.7 Å². The number of hydrogen-bond donors (Lipinski definition) is 3. The number of aromatic amines is 1. The van der Waals surface area contributed by atoms with Gasteiger partial charge in [-0.1, -0.05) is 0 Å². The highest BCUT2D eigenvalue weighted by Crippen LogP contribution is 2.45. The van der Waals surface area contributed by atoms with Crippen molar-refractivity contribution in [2.45, 2.75) is 12.1 Å². The maximum absolute atomic E-state index is 15.2. The topological polar surface area (TPSA) is 105 Å². The molecule has 11 heteroatoms. The van der Waals surface area contributed by atoms with Crippen molar-refractivity contribution in [3.05, 3.63) is 36.3 Å². The number of H-pyrrole nitrogens is 1. The monoisotopic (exact) mass is 457 g/mol. The molecule has 5 rings (SSSR count). The first-order valence-electron chi connectivity index (χ1n) is 10.4. The van der Waals surface area contributed by atoms with E-state index in [-0.39, 0.29) is 30.9 Å². The van der Waals surface area contributed by atoms with Crippen LogP contribution in [0.5, 0.6) is 6.01 Å². The van der Waals surface area contributed by atoms with Crippen LogP contribution in [-0.2, 0) is 0 Å². The molecule has 0 unspecified atom stereocenters. The molecule has 0 bridgehead atoms. The van der Waals surface area contributed by atoms with E-state index in [4.69, 9.17) is 10.5 Å². The van der Waals surface area contributed by atoms with Crippen LogP contribution in [-0.4, -0.2) is 59.4 Å². The molecule has 1 atom stereocenters. The largest absolute Gasteiger partial charge is 0.467 e. The minimum Gasteiger partial charge on any atom is -0.467 e. The van der Waals surface area contributed by atoms with Gasteiger partial charge in [-0.15, -0.1) is 0 Å². The average molecular weight is 457 g/mol. The van der Waals surface area contributed by atoms with Crippen LogP contribution >= 0.6 is 0 Å². The summed E-state index contributed by atoms with van der Waals surface area (Å²) < 4.78 is 49.9. The van der Waals surface area contributed by atoms with Gasteiger partial charge in [0.2, 0.25) is 0 Å². The highest BCUT2D eigenvalue weighted by Gasteiger charge is 2.39. The Bertz CT molecular complexity index is 1360. The minimum atomic E-state index is -1.59. The molecule has 1 saturated heterocycles. The van der Waals surface area contributed by atoms with Crippen molar-refractivity contribution in [1.82, 2.24) is 19.9 Å². The van der Waals surface area contributed by atoms with Crippen molar-refractivity contribution in [3.63, 3.8) is 0 Å². The molecule has 4 heterocycles. The zero-order valence-electron chi connectivity index (χ0n) is 18.0. The summed E-state index contributed by atoms with van der Waals surface area (Å²) in [6, 6.07) is 1.27. The third-order valence-electron chi connectivity index (χ3n) is 6.14. The number of nitrogens with zero attached hydrogens (tertiary/aromatic N) is 4. The van der Waals surface area contributed by atoms with Crippen molar-refractivity contribution in [3.8, 4) is 17.1 Å². The fourth-order valence-electron chi connectivity index (χ4n) is 4.43. The fraction of sp³-hybridized carbons (Fsp3) is 0.318. The van der Waals surface area contributed by atoms with E-state index in [1.165, 1.54) is 7.11 Å². The third-order valence-corrected chi connectivity index (χ3v) is 6.14. The smallest absolute Gasteiger partial charge is 0.316 e. The molecule has 1 aromatic carbocycles. The van der Waals surface area contributed by atoms with Crippen LogP contribution < -0.4 is 20.7 Å². The van der Waals surface area contributed by atoms with E-state index >= 15 is 8.78 Å². The Balaban J connectivity index is 1.85. The second-order valence-corrected chi connectivity index (χ2v) is 8.07. The van der Waals surface area contributed by atoms with E-state index < -0.39 is 17.3 Å². The summed E-state index contributed by atoms with van der Waals surface area (Å²) in [6.45, 7) is 0.216. The third kappa shape index (κ3) is 3.30. The summed E-state index contributed by atoms with van der Waals surface area (Å²) in [7, 11) is 3.07. The second-order valence-electron chi connectivity index (χ2n) is 8.07. The summed E-state index contributed by atoms with van der Waals surface area (Å²) in [6.07, 6.45) is 4.90. The SMILES string of the molecule is CNc1cc(F)c(F)c2c1[nH]c1ncc(-c3cnc(OC)nc3)c(N3CC[C@](F)(CN)C3)c12. The van der Waals surface area contributed by atoms with Gasteiger partial charge in [-0.3, -0.25) is 0 Å². The van der Waals surface area contributed by atoms with E-state index in [1.807, 2.05) is 0 Å². The van der Waals surface area contributed by atoms with Crippen molar-refractivity contribution in [1.29, 1.82) is 0 Å². The number of methoxy groups -OCH3 is 1. The summed E-state index contributed by atoms with van der Waals surface area (Å²) in [5.41, 5.74) is 6.84. The predicted octanol–water partition coefficient (Wildman–Crippen LogP) is 3.38. The summed E-state index contributed by atoms with van der Waals surface area (Å²) in [5, 5.41) is 3.27. The van der Waals surface area contributed by atoms with Gasteiger partial charge in [0.1, 0.15) is 11.3 Å². The molecule has 4 N–H and O–H groups in total. The molecule has 4 aromatic rings. The van der Waals surface area contributed by atoms with E-state index in [0.29, 0.717) is 45.6 Å². The van der Waals surface area contributed by atoms with Crippen molar-refractivity contribution in [2.75, 3.05) is 44.0 Å². The van der Waals surface area contributed by atoms with Crippen molar-refractivity contribution < 1.29 is 17.9 Å². The van der Waals surface area contributed by atoms with Gasteiger partial charge in [0.15, 0.2) is 11.6 Å². The number of pyridine rings is 1. The van der Waals surface area contributed by atoms with Gasteiger partial charge in [0, 0.05) is 62.3 Å². The number of hydrogen-bond acceptors (Lipinski definition) is 7. The number of ether oxygens (including phenoxy) is 1. The summed E-state index contributed by atoms with van der Waals surface area (Å²) >= 11 is 0. The number of nitrogens with one attached hydrogen (secondary N) is 2. The number of nitrogens with two attached hydrogens (primary N) is 1. The number of rotatable bonds is 5. The molecule has 3 aromatic heterocycles. The molecule has 0 radical (unpaired) electrons. The summed E-state index contributed by atoms with van der Waals surface area (Å²) in [4.78, 5) is 17.7. The Hall–Kier alpha value is -3.60. The predicted molar refractivity (Wildman–Crippen MR) is 120 cm³/mol. The molecule has 1 aliphatic rings. The standard InChI is InChI=1S/C22H22F3N7O/c1-27-14-5-13(23)17(24)15-16-19(32-4-3-22(25,9-26)10-32)12(8-28-20(16)31-18(14)15)11-6-29-21(33-2)30-7-11/h5-8,27H,3-4,9-10,26H2,1-2H3,(H,28,31)/t22-/m0/s1. The van der Waals surface area contributed by atoms with E-state index in [0.717, 1.165) is 6.07 Å². The van der Waals surface area contributed by atoms with Crippen LogP contribution in [0.1, 0.15) is 6.42 Å². The van der Waals surface area contributed by atoms with E-state index in [2.05, 4.69) is 25.3 Å². The lowest BCUT2D eigenvalue weighted by Crippen LogP contribution is -2.36. The van der Waals surface area contributed by atoms with Crippen LogP contribution in [0.2, 0.25) is 0 Å². The molecule has 0 spiro atoms. The Morgan fingerprint density at radius 2 is 1.97 bits per heavy atom. The van der Waals surface area contributed by atoms with Crippen LogP contribution in [0.4, 0.5) is 24.5 Å². The Morgan fingerprint density at radius 3 is 2.61 bits per heavy atom. The number of anilines is 2. The Morgan fingerprint density at radius 1 is 1.21 bits per heavy atom. The highest BCUT2D eigenvalue weighted by molar-refractivity contribution is 6.18. The summed E-state index contributed by atoms with van der Waals surface area (Å²) in [5.74, 6) is -2.01. The van der Waals surface area contributed by atoms with E-state index in [1.54, 1.807) is 30.5 Å². The van der Waals surface area contributed by atoms with E-state index in [9.17, 15) is 4.39 Å². The first-order valence-corrected chi connectivity index (χ1v) is 10.4. The van der Waals surface area contributed by atoms with Gasteiger partial charge in [-0.2, -0.15) is 0 Å². The number of alkyl halides is 1. The first kappa shape index (κ1) is 21.3. The number of fused-ring (bicyclic) bond motifs is 3. The lowest BCUT2D eigenvalue weighted by molar-refractivity contribution is 0.204. The molecule has 0 amide bonds. The molecular formula is C22H22F3N7O.